The monoisotopic (exact) mass is 268 g/mol. The van der Waals surface area contributed by atoms with Crippen molar-refractivity contribution in [3.8, 4) is 17.6 Å². The van der Waals surface area contributed by atoms with Crippen molar-refractivity contribution in [3.63, 3.8) is 0 Å². The lowest BCUT2D eigenvalue weighted by Crippen LogP contribution is -1.95. The second-order valence-corrected chi connectivity index (χ2v) is 4.35. The number of benzene rings is 2. The average Bonchev–Trinajstić information content (AvgIpc) is 2.48. The maximum Gasteiger partial charge on any atom is 0.150 e. The van der Waals surface area contributed by atoms with Gasteiger partial charge < -0.3 is 15.2 Å². The molecule has 0 spiro atoms. The molecule has 0 aliphatic carbocycles. The third kappa shape index (κ3) is 3.50. The first-order valence-electron chi connectivity index (χ1n) is 6.28. The summed E-state index contributed by atoms with van der Waals surface area (Å²) < 4.78 is 10.7. The lowest BCUT2D eigenvalue weighted by atomic mass is 10.1. The van der Waals surface area contributed by atoms with Crippen molar-refractivity contribution in [2.24, 2.45) is 0 Å². The highest BCUT2D eigenvalue weighted by Crippen LogP contribution is 2.28. The van der Waals surface area contributed by atoms with Gasteiger partial charge in [-0.1, -0.05) is 12.1 Å². The van der Waals surface area contributed by atoms with Gasteiger partial charge in [0.25, 0.3) is 0 Å². The van der Waals surface area contributed by atoms with Crippen LogP contribution in [-0.2, 0) is 11.2 Å². The summed E-state index contributed by atoms with van der Waals surface area (Å²) in [6, 6.07) is 14.8. The molecule has 0 aliphatic rings. The lowest BCUT2D eigenvalue weighted by Gasteiger charge is -2.09. The summed E-state index contributed by atoms with van der Waals surface area (Å²) in [5.41, 5.74) is 8.00. The summed E-state index contributed by atoms with van der Waals surface area (Å²) in [5, 5.41) is 8.79. The van der Waals surface area contributed by atoms with Crippen LogP contribution in [0.15, 0.2) is 42.5 Å². The quantitative estimate of drug-likeness (QED) is 0.846. The van der Waals surface area contributed by atoms with E-state index >= 15 is 0 Å². The van der Waals surface area contributed by atoms with Crippen LogP contribution in [0.2, 0.25) is 0 Å². The Morgan fingerprint density at radius 3 is 2.50 bits per heavy atom. The number of nitrogen functional groups attached to an aromatic ring is 1. The van der Waals surface area contributed by atoms with Gasteiger partial charge in [-0.05, 0) is 42.3 Å². The maximum atomic E-state index is 8.79. The largest absolute Gasteiger partial charge is 0.455 e. The van der Waals surface area contributed by atoms with Crippen molar-refractivity contribution in [2.75, 3.05) is 19.5 Å². The second-order valence-electron chi connectivity index (χ2n) is 4.35. The molecule has 0 aliphatic heterocycles. The van der Waals surface area contributed by atoms with Crippen molar-refractivity contribution in [1.29, 1.82) is 5.26 Å². The Bertz CT molecular complexity index is 615. The van der Waals surface area contributed by atoms with Gasteiger partial charge in [-0.15, -0.1) is 0 Å². The fourth-order valence-electron chi connectivity index (χ4n) is 1.78. The number of anilines is 1. The Labute approximate surface area is 118 Å². The van der Waals surface area contributed by atoms with Crippen LogP contribution >= 0.6 is 0 Å². The van der Waals surface area contributed by atoms with Gasteiger partial charge in [0.1, 0.15) is 11.5 Å². The highest BCUT2D eigenvalue weighted by Gasteiger charge is 2.03. The number of hydrogen-bond acceptors (Lipinski definition) is 4. The summed E-state index contributed by atoms with van der Waals surface area (Å²) in [5.74, 6) is 1.26. The van der Waals surface area contributed by atoms with Crippen molar-refractivity contribution in [3.05, 3.63) is 53.6 Å². The van der Waals surface area contributed by atoms with Crippen molar-refractivity contribution < 1.29 is 9.47 Å². The van der Waals surface area contributed by atoms with Crippen molar-refractivity contribution in [2.45, 2.75) is 6.42 Å². The van der Waals surface area contributed by atoms with Gasteiger partial charge >= 0.3 is 0 Å². The summed E-state index contributed by atoms with van der Waals surface area (Å²) in [4.78, 5) is 0. The first-order valence-corrected chi connectivity index (χ1v) is 6.28. The van der Waals surface area contributed by atoms with Crippen LogP contribution < -0.4 is 10.5 Å². The summed E-state index contributed by atoms with van der Waals surface area (Å²) in [6.07, 6.45) is 0.871. The predicted molar refractivity (Wildman–Crippen MR) is 77.7 cm³/mol. The number of methoxy groups -OCH3 is 1. The van der Waals surface area contributed by atoms with Crippen LogP contribution in [0.4, 0.5) is 5.69 Å². The van der Waals surface area contributed by atoms with Crippen molar-refractivity contribution >= 4 is 5.69 Å². The summed E-state index contributed by atoms with van der Waals surface area (Å²) >= 11 is 0. The molecule has 20 heavy (non-hydrogen) atoms. The van der Waals surface area contributed by atoms with Gasteiger partial charge in [-0.3, -0.25) is 0 Å². The van der Waals surface area contributed by atoms with E-state index in [9.17, 15) is 0 Å². The minimum Gasteiger partial charge on any atom is -0.455 e. The molecule has 0 fully saturated rings. The van der Waals surface area contributed by atoms with Crippen LogP contribution in [-0.4, -0.2) is 13.7 Å². The highest BCUT2D eigenvalue weighted by molar-refractivity contribution is 5.57. The Morgan fingerprint density at radius 2 is 1.90 bits per heavy atom. The fourth-order valence-corrected chi connectivity index (χ4v) is 1.78. The molecule has 4 nitrogen and oxygen atoms in total. The molecule has 4 heteroatoms. The Kier molecular flexibility index (Phi) is 4.59. The maximum absolute atomic E-state index is 8.79. The number of ether oxygens (including phenoxy) is 2. The van der Waals surface area contributed by atoms with Gasteiger partial charge in [-0.25, -0.2) is 0 Å². The number of rotatable bonds is 5. The third-order valence-electron chi connectivity index (χ3n) is 2.88. The van der Waals surface area contributed by atoms with Gasteiger partial charge in [0, 0.05) is 7.11 Å². The molecule has 0 radical (unpaired) electrons. The van der Waals surface area contributed by atoms with E-state index in [-0.39, 0.29) is 0 Å². The molecule has 0 bridgehead atoms. The molecule has 102 valence electrons. The van der Waals surface area contributed by atoms with E-state index in [1.54, 1.807) is 25.3 Å². The minimum absolute atomic E-state index is 0.451. The molecule has 0 saturated heterocycles. The molecule has 0 heterocycles. The highest BCUT2D eigenvalue weighted by atomic mass is 16.5. The second kappa shape index (κ2) is 6.60. The fraction of sp³-hybridized carbons (Fsp3) is 0.188. The molecule has 0 unspecified atom stereocenters. The topological polar surface area (TPSA) is 68.3 Å². The first kappa shape index (κ1) is 13.9. The van der Waals surface area contributed by atoms with E-state index in [1.807, 2.05) is 30.3 Å². The molecular weight excluding hydrogens is 252 g/mol. The molecule has 0 aromatic heterocycles. The molecule has 2 rings (SSSR count). The Hall–Kier alpha value is -2.51. The third-order valence-corrected chi connectivity index (χ3v) is 2.88. The van der Waals surface area contributed by atoms with Gasteiger partial charge in [0.15, 0.2) is 0 Å². The number of nitrogens with zero attached hydrogens (tertiary/aromatic N) is 1. The van der Waals surface area contributed by atoms with E-state index in [0.717, 1.165) is 6.42 Å². The average molecular weight is 268 g/mol. The van der Waals surface area contributed by atoms with E-state index in [0.29, 0.717) is 29.4 Å². The number of nitriles is 1. The molecule has 0 atom stereocenters. The van der Waals surface area contributed by atoms with Crippen LogP contribution in [0.25, 0.3) is 0 Å². The first-order chi connectivity index (χ1) is 9.72. The van der Waals surface area contributed by atoms with E-state index < -0.39 is 0 Å². The zero-order chi connectivity index (χ0) is 14.4. The summed E-state index contributed by atoms with van der Waals surface area (Å²) in [7, 11) is 1.69. The molecule has 2 N–H and O–H groups in total. The molecular formula is C16H16N2O2. The predicted octanol–water partition coefficient (Wildman–Crippen LogP) is 3.12. The smallest absolute Gasteiger partial charge is 0.150 e. The number of hydrogen-bond donors (Lipinski definition) is 1. The molecule has 2 aromatic carbocycles. The zero-order valence-electron chi connectivity index (χ0n) is 11.3. The van der Waals surface area contributed by atoms with Crippen LogP contribution in [0, 0.1) is 11.3 Å². The molecule has 0 amide bonds. The van der Waals surface area contributed by atoms with Crippen molar-refractivity contribution in [1.82, 2.24) is 0 Å². The normalized spacial score (nSPS) is 10.0. The van der Waals surface area contributed by atoms with Gasteiger partial charge in [0.05, 0.1) is 23.9 Å². The standard InChI is InChI=1S/C16H16N2O2/c1-19-9-8-12-2-5-14(6-3-12)20-16-7-4-13(11-17)10-15(16)18/h2-7,10H,8-9,18H2,1H3. The Balaban J connectivity index is 2.08. The minimum atomic E-state index is 0.451. The summed E-state index contributed by atoms with van der Waals surface area (Å²) in [6.45, 7) is 0.697. The van der Waals surface area contributed by atoms with Gasteiger partial charge in [-0.2, -0.15) is 5.26 Å². The lowest BCUT2D eigenvalue weighted by molar-refractivity contribution is 0.202. The van der Waals surface area contributed by atoms with Gasteiger partial charge in [0.2, 0.25) is 0 Å². The molecule has 0 saturated carbocycles. The number of nitrogens with two attached hydrogens (primary N) is 1. The van der Waals surface area contributed by atoms with Crippen LogP contribution in [0.3, 0.4) is 0 Å². The SMILES string of the molecule is COCCc1ccc(Oc2ccc(C#N)cc2N)cc1. The Morgan fingerprint density at radius 1 is 1.15 bits per heavy atom. The van der Waals surface area contributed by atoms with Crippen LogP contribution in [0.5, 0.6) is 11.5 Å². The zero-order valence-corrected chi connectivity index (χ0v) is 11.3. The van der Waals surface area contributed by atoms with E-state index in [2.05, 4.69) is 0 Å². The molecule has 2 aromatic rings. The van der Waals surface area contributed by atoms with E-state index in [1.165, 1.54) is 5.56 Å². The van der Waals surface area contributed by atoms with E-state index in [4.69, 9.17) is 20.5 Å². The van der Waals surface area contributed by atoms with Crippen LogP contribution in [0.1, 0.15) is 11.1 Å².